The fourth-order valence-electron chi connectivity index (χ4n) is 1.44. The molecular formula is C12H12FN3S. The van der Waals surface area contributed by atoms with E-state index in [1.807, 2.05) is 13.1 Å². The summed E-state index contributed by atoms with van der Waals surface area (Å²) in [6.45, 7) is 0.630. The third-order valence-corrected chi connectivity index (χ3v) is 3.29. The summed E-state index contributed by atoms with van der Waals surface area (Å²) < 4.78 is 13.8. The molecule has 0 aliphatic heterocycles. The van der Waals surface area contributed by atoms with Gasteiger partial charge in [-0.1, -0.05) is 23.9 Å². The standard InChI is InChI=1S/C12H12FN3S/c1-14-7-9-3-2-4-10(13)12(9)17-11-5-6-15-8-16-11/h2-6,8,14H,7H2,1H3. The van der Waals surface area contributed by atoms with Crippen molar-refractivity contribution in [3.05, 3.63) is 48.2 Å². The lowest BCUT2D eigenvalue weighted by Crippen LogP contribution is -2.06. The molecule has 5 heteroatoms. The third kappa shape index (κ3) is 3.01. The Morgan fingerprint density at radius 1 is 1.35 bits per heavy atom. The minimum absolute atomic E-state index is 0.221. The van der Waals surface area contributed by atoms with Crippen molar-refractivity contribution in [2.45, 2.75) is 16.5 Å². The van der Waals surface area contributed by atoms with E-state index >= 15 is 0 Å². The van der Waals surface area contributed by atoms with E-state index in [0.717, 1.165) is 10.6 Å². The Bertz CT molecular complexity index is 490. The maximum Gasteiger partial charge on any atom is 0.137 e. The Labute approximate surface area is 103 Å². The second kappa shape index (κ2) is 5.75. The first kappa shape index (κ1) is 12.0. The van der Waals surface area contributed by atoms with Gasteiger partial charge < -0.3 is 5.32 Å². The lowest BCUT2D eigenvalue weighted by molar-refractivity contribution is 0.594. The van der Waals surface area contributed by atoms with Crippen LogP contribution >= 0.6 is 11.8 Å². The summed E-state index contributed by atoms with van der Waals surface area (Å²) in [6, 6.07) is 6.85. The zero-order valence-corrected chi connectivity index (χ0v) is 10.2. The molecule has 1 heterocycles. The molecule has 0 aliphatic rings. The maximum atomic E-state index is 13.8. The average molecular weight is 249 g/mol. The molecule has 0 saturated heterocycles. The summed E-state index contributed by atoms with van der Waals surface area (Å²) in [5.74, 6) is -0.221. The summed E-state index contributed by atoms with van der Waals surface area (Å²) in [4.78, 5) is 8.53. The van der Waals surface area contributed by atoms with Crippen LogP contribution in [-0.2, 0) is 6.54 Å². The fourth-order valence-corrected chi connectivity index (χ4v) is 2.32. The summed E-state index contributed by atoms with van der Waals surface area (Å²) in [7, 11) is 1.84. The van der Waals surface area contributed by atoms with Crippen molar-refractivity contribution in [1.82, 2.24) is 15.3 Å². The molecule has 0 unspecified atom stereocenters. The van der Waals surface area contributed by atoms with Gasteiger partial charge in [0.25, 0.3) is 0 Å². The quantitative estimate of drug-likeness (QED) is 0.845. The van der Waals surface area contributed by atoms with Crippen LogP contribution in [0.25, 0.3) is 0 Å². The van der Waals surface area contributed by atoms with Crippen LogP contribution in [0.1, 0.15) is 5.56 Å². The first-order chi connectivity index (χ1) is 8.31. The highest BCUT2D eigenvalue weighted by atomic mass is 32.2. The van der Waals surface area contributed by atoms with Crippen molar-refractivity contribution in [3.63, 3.8) is 0 Å². The van der Waals surface area contributed by atoms with Gasteiger partial charge in [-0.25, -0.2) is 14.4 Å². The monoisotopic (exact) mass is 249 g/mol. The van der Waals surface area contributed by atoms with Crippen LogP contribution in [0.4, 0.5) is 4.39 Å². The fraction of sp³-hybridized carbons (Fsp3) is 0.167. The van der Waals surface area contributed by atoms with E-state index in [9.17, 15) is 4.39 Å². The van der Waals surface area contributed by atoms with Gasteiger partial charge in [0.1, 0.15) is 17.2 Å². The second-order valence-corrected chi connectivity index (χ2v) is 4.44. The minimum atomic E-state index is -0.221. The highest BCUT2D eigenvalue weighted by Gasteiger charge is 2.10. The number of halogens is 1. The average Bonchev–Trinajstić information content (AvgIpc) is 2.35. The predicted octanol–water partition coefficient (Wildman–Crippen LogP) is 2.49. The van der Waals surface area contributed by atoms with Crippen molar-refractivity contribution in [3.8, 4) is 0 Å². The van der Waals surface area contributed by atoms with Crippen LogP contribution in [0.3, 0.4) is 0 Å². The summed E-state index contributed by atoms with van der Waals surface area (Å²) >= 11 is 1.31. The molecule has 0 fully saturated rings. The van der Waals surface area contributed by atoms with Crippen molar-refractivity contribution < 1.29 is 4.39 Å². The molecule has 0 radical (unpaired) electrons. The minimum Gasteiger partial charge on any atom is -0.316 e. The van der Waals surface area contributed by atoms with Crippen LogP contribution in [0.5, 0.6) is 0 Å². The van der Waals surface area contributed by atoms with Gasteiger partial charge in [0.2, 0.25) is 0 Å². The van der Waals surface area contributed by atoms with Crippen LogP contribution in [0.15, 0.2) is 46.7 Å². The van der Waals surface area contributed by atoms with Gasteiger partial charge in [0.15, 0.2) is 0 Å². The number of aromatic nitrogens is 2. The Balaban J connectivity index is 2.31. The van der Waals surface area contributed by atoms with Gasteiger partial charge in [0, 0.05) is 12.7 Å². The molecule has 1 N–H and O–H groups in total. The first-order valence-corrected chi connectivity index (χ1v) is 5.99. The molecule has 0 spiro atoms. The molecule has 2 rings (SSSR count). The zero-order chi connectivity index (χ0) is 12.1. The largest absolute Gasteiger partial charge is 0.316 e. The number of nitrogens with one attached hydrogen (secondary N) is 1. The SMILES string of the molecule is CNCc1cccc(F)c1Sc1ccncn1. The van der Waals surface area contributed by atoms with Crippen molar-refractivity contribution in [1.29, 1.82) is 0 Å². The molecule has 1 aromatic carbocycles. The summed E-state index contributed by atoms with van der Waals surface area (Å²) in [5.41, 5.74) is 0.927. The normalized spacial score (nSPS) is 10.5. The molecule has 0 bridgehead atoms. The molecule has 88 valence electrons. The van der Waals surface area contributed by atoms with Crippen LogP contribution in [0, 0.1) is 5.82 Å². The maximum absolute atomic E-state index is 13.8. The lowest BCUT2D eigenvalue weighted by Gasteiger charge is -2.09. The van der Waals surface area contributed by atoms with Gasteiger partial charge in [0.05, 0.1) is 4.90 Å². The number of hydrogen-bond donors (Lipinski definition) is 1. The second-order valence-electron chi connectivity index (χ2n) is 3.41. The molecule has 3 nitrogen and oxygen atoms in total. The van der Waals surface area contributed by atoms with Crippen molar-refractivity contribution in [2.75, 3.05) is 7.05 Å². The Kier molecular flexibility index (Phi) is 4.06. The number of rotatable bonds is 4. The van der Waals surface area contributed by atoms with Gasteiger partial charge in [-0.3, -0.25) is 0 Å². The summed E-state index contributed by atoms with van der Waals surface area (Å²) in [6.07, 6.45) is 3.11. The molecule has 2 aromatic rings. The molecule has 0 aliphatic carbocycles. The van der Waals surface area contributed by atoms with Crippen molar-refractivity contribution in [2.24, 2.45) is 0 Å². The van der Waals surface area contributed by atoms with E-state index < -0.39 is 0 Å². The van der Waals surface area contributed by atoms with Crippen LogP contribution in [0.2, 0.25) is 0 Å². The molecule has 0 amide bonds. The van der Waals surface area contributed by atoms with Gasteiger partial charge >= 0.3 is 0 Å². The van der Waals surface area contributed by atoms with Crippen LogP contribution < -0.4 is 5.32 Å². The van der Waals surface area contributed by atoms with Crippen molar-refractivity contribution >= 4 is 11.8 Å². The Hall–Kier alpha value is -1.46. The van der Waals surface area contributed by atoms with Gasteiger partial charge in [-0.2, -0.15) is 0 Å². The topological polar surface area (TPSA) is 37.8 Å². The van der Waals surface area contributed by atoms with E-state index in [0.29, 0.717) is 11.4 Å². The summed E-state index contributed by atoms with van der Waals surface area (Å²) in [5, 5.41) is 3.76. The number of hydrogen-bond acceptors (Lipinski definition) is 4. The number of nitrogens with zero attached hydrogens (tertiary/aromatic N) is 2. The van der Waals surface area contributed by atoms with E-state index in [4.69, 9.17) is 0 Å². The van der Waals surface area contributed by atoms with E-state index in [1.54, 1.807) is 18.3 Å². The molecule has 17 heavy (non-hydrogen) atoms. The van der Waals surface area contributed by atoms with E-state index in [-0.39, 0.29) is 5.82 Å². The van der Waals surface area contributed by atoms with Crippen LogP contribution in [-0.4, -0.2) is 17.0 Å². The van der Waals surface area contributed by atoms with Gasteiger partial charge in [-0.15, -0.1) is 0 Å². The zero-order valence-electron chi connectivity index (χ0n) is 9.35. The molecule has 0 atom stereocenters. The smallest absolute Gasteiger partial charge is 0.137 e. The highest BCUT2D eigenvalue weighted by molar-refractivity contribution is 7.99. The van der Waals surface area contributed by atoms with E-state index in [1.165, 1.54) is 24.2 Å². The van der Waals surface area contributed by atoms with E-state index in [2.05, 4.69) is 15.3 Å². The van der Waals surface area contributed by atoms with Gasteiger partial charge in [-0.05, 0) is 24.7 Å². The first-order valence-electron chi connectivity index (χ1n) is 5.17. The molecule has 0 saturated carbocycles. The highest BCUT2D eigenvalue weighted by Crippen LogP contribution is 2.31. The lowest BCUT2D eigenvalue weighted by atomic mass is 10.2. The molecular weight excluding hydrogens is 237 g/mol. The third-order valence-electron chi connectivity index (χ3n) is 2.18. The predicted molar refractivity (Wildman–Crippen MR) is 65.3 cm³/mol. The Morgan fingerprint density at radius 2 is 2.24 bits per heavy atom. The molecule has 1 aromatic heterocycles. The Morgan fingerprint density at radius 3 is 2.94 bits per heavy atom. The number of benzene rings is 1.